The number of para-hydroxylation sites is 1. The molecule has 1 atom stereocenters. The summed E-state index contributed by atoms with van der Waals surface area (Å²) in [6, 6.07) is 18.4. The van der Waals surface area contributed by atoms with E-state index in [1.165, 1.54) is 5.56 Å². The molecule has 3 rings (SSSR count). The van der Waals surface area contributed by atoms with Crippen molar-refractivity contribution in [3.63, 3.8) is 0 Å². The Morgan fingerprint density at radius 1 is 1.04 bits per heavy atom. The van der Waals surface area contributed by atoms with Crippen LogP contribution in [0.15, 0.2) is 66.4 Å². The highest BCUT2D eigenvalue weighted by Gasteiger charge is 2.42. The third-order valence-electron chi connectivity index (χ3n) is 4.94. The van der Waals surface area contributed by atoms with Crippen molar-refractivity contribution >= 4 is 11.5 Å². The lowest BCUT2D eigenvalue weighted by molar-refractivity contribution is -0.118. The van der Waals surface area contributed by atoms with Crippen molar-refractivity contribution < 1.29 is 4.79 Å². The van der Waals surface area contributed by atoms with Gasteiger partial charge in [0.05, 0.1) is 5.41 Å². The molecule has 1 aliphatic rings. The Kier molecular flexibility index (Phi) is 4.08. The predicted molar refractivity (Wildman–Crippen MR) is 95.7 cm³/mol. The van der Waals surface area contributed by atoms with Gasteiger partial charge in [-0.1, -0.05) is 42.5 Å². The molecule has 1 aliphatic carbocycles. The van der Waals surface area contributed by atoms with E-state index in [1.807, 2.05) is 48.5 Å². The molecular weight excluding hydrogens is 282 g/mol. The molecule has 0 aromatic heterocycles. The molecule has 23 heavy (non-hydrogen) atoms. The average molecular weight is 305 g/mol. The fourth-order valence-corrected chi connectivity index (χ4v) is 3.51. The van der Waals surface area contributed by atoms with E-state index in [4.69, 9.17) is 0 Å². The van der Waals surface area contributed by atoms with Crippen LogP contribution in [0.4, 0.5) is 5.69 Å². The highest BCUT2D eigenvalue weighted by Crippen LogP contribution is 2.42. The van der Waals surface area contributed by atoms with Crippen LogP contribution in [0, 0.1) is 6.92 Å². The van der Waals surface area contributed by atoms with E-state index in [9.17, 15) is 4.79 Å². The number of rotatable bonds is 3. The first-order chi connectivity index (χ1) is 11.0. The van der Waals surface area contributed by atoms with Gasteiger partial charge < -0.3 is 4.90 Å². The molecule has 0 heterocycles. The maximum atomic E-state index is 13.1. The van der Waals surface area contributed by atoms with Crippen LogP contribution in [0.2, 0.25) is 0 Å². The quantitative estimate of drug-likeness (QED) is 0.770. The number of hydrogen-bond acceptors (Lipinski definition) is 2. The highest BCUT2D eigenvalue weighted by molar-refractivity contribution is 6.06. The lowest BCUT2D eigenvalue weighted by Gasteiger charge is -2.24. The van der Waals surface area contributed by atoms with Crippen molar-refractivity contribution in [2.24, 2.45) is 0 Å². The maximum Gasteiger partial charge on any atom is 0.170 e. The fourth-order valence-electron chi connectivity index (χ4n) is 3.51. The van der Waals surface area contributed by atoms with Gasteiger partial charge in [-0.25, -0.2) is 0 Å². The number of hydrogen-bond donors (Lipinski definition) is 0. The number of carbonyl (C=O) groups is 1. The lowest BCUT2D eigenvalue weighted by Crippen LogP contribution is -2.28. The van der Waals surface area contributed by atoms with Gasteiger partial charge in [-0.3, -0.25) is 4.79 Å². The van der Waals surface area contributed by atoms with Gasteiger partial charge in [0.25, 0.3) is 0 Å². The van der Waals surface area contributed by atoms with Crippen LogP contribution in [0.1, 0.15) is 30.9 Å². The van der Waals surface area contributed by atoms with E-state index in [0.29, 0.717) is 0 Å². The lowest BCUT2D eigenvalue weighted by atomic mass is 9.78. The van der Waals surface area contributed by atoms with Gasteiger partial charge in [-0.2, -0.15) is 0 Å². The second kappa shape index (κ2) is 6.04. The highest BCUT2D eigenvalue weighted by atomic mass is 16.1. The van der Waals surface area contributed by atoms with Gasteiger partial charge in [-0.15, -0.1) is 0 Å². The molecule has 2 aromatic rings. The van der Waals surface area contributed by atoms with E-state index < -0.39 is 5.41 Å². The minimum absolute atomic E-state index is 0.259. The Labute approximate surface area is 138 Å². The zero-order chi connectivity index (χ0) is 16.4. The number of benzene rings is 2. The molecule has 1 fully saturated rings. The fraction of sp³-hybridized carbons (Fsp3) is 0.286. The molecule has 0 N–H and O–H groups in total. The topological polar surface area (TPSA) is 20.3 Å². The first-order valence-electron chi connectivity index (χ1n) is 8.12. The standard InChI is InChI=1S/C21H23NO/c1-16-9-7-8-12-19(16)21(2)14-13-17(20(21)23)15-22(3)18-10-5-4-6-11-18/h4-12,15H,13-14H2,1-3H3. The number of ketones is 1. The van der Waals surface area contributed by atoms with Gasteiger partial charge in [-0.05, 0) is 49.9 Å². The van der Waals surface area contributed by atoms with Crippen LogP contribution < -0.4 is 4.90 Å². The normalized spacial score (nSPS) is 22.6. The largest absolute Gasteiger partial charge is 0.351 e. The smallest absolute Gasteiger partial charge is 0.170 e. The van der Waals surface area contributed by atoms with Crippen LogP contribution in [-0.4, -0.2) is 12.8 Å². The monoisotopic (exact) mass is 305 g/mol. The minimum atomic E-state index is -0.394. The molecule has 0 spiro atoms. The summed E-state index contributed by atoms with van der Waals surface area (Å²) in [5.74, 6) is 0.259. The number of carbonyl (C=O) groups excluding carboxylic acids is 1. The Bertz CT molecular complexity index is 747. The number of allylic oxidation sites excluding steroid dienone is 1. The third kappa shape index (κ3) is 2.81. The van der Waals surface area contributed by atoms with Crippen LogP contribution in [-0.2, 0) is 10.2 Å². The summed E-state index contributed by atoms with van der Waals surface area (Å²) in [7, 11) is 2.00. The summed E-state index contributed by atoms with van der Waals surface area (Å²) in [6.07, 6.45) is 3.72. The molecule has 118 valence electrons. The summed E-state index contributed by atoms with van der Waals surface area (Å²) in [5.41, 5.74) is 3.98. The molecule has 0 radical (unpaired) electrons. The van der Waals surface area contributed by atoms with Crippen molar-refractivity contribution in [3.8, 4) is 0 Å². The number of Topliss-reactive ketones (excluding diaryl/α,β-unsaturated/α-hetero) is 1. The molecule has 0 amide bonds. The Morgan fingerprint density at radius 2 is 1.70 bits per heavy atom. The van der Waals surface area contributed by atoms with Crippen LogP contribution >= 0.6 is 0 Å². The Hall–Kier alpha value is -2.35. The van der Waals surface area contributed by atoms with Crippen molar-refractivity contribution in [2.75, 3.05) is 11.9 Å². The number of nitrogens with zero attached hydrogens (tertiary/aromatic N) is 1. The molecule has 1 saturated carbocycles. The molecule has 0 saturated heterocycles. The zero-order valence-corrected chi connectivity index (χ0v) is 14.0. The average Bonchev–Trinajstić information content (AvgIpc) is 2.85. The van der Waals surface area contributed by atoms with Gasteiger partial charge in [0.1, 0.15) is 0 Å². The van der Waals surface area contributed by atoms with E-state index in [1.54, 1.807) is 0 Å². The predicted octanol–water partition coefficient (Wildman–Crippen LogP) is 4.64. The summed E-state index contributed by atoms with van der Waals surface area (Å²) >= 11 is 0. The molecule has 1 unspecified atom stereocenters. The van der Waals surface area contributed by atoms with E-state index in [-0.39, 0.29) is 5.78 Å². The summed E-state index contributed by atoms with van der Waals surface area (Å²) < 4.78 is 0. The first kappa shape index (κ1) is 15.5. The van der Waals surface area contributed by atoms with Crippen LogP contribution in [0.3, 0.4) is 0 Å². The summed E-state index contributed by atoms with van der Waals surface area (Å²) in [5, 5.41) is 0. The van der Waals surface area contributed by atoms with Gasteiger partial charge in [0, 0.05) is 24.5 Å². The van der Waals surface area contributed by atoms with Crippen molar-refractivity contribution in [3.05, 3.63) is 77.5 Å². The van der Waals surface area contributed by atoms with Gasteiger partial charge in [0.15, 0.2) is 5.78 Å². The zero-order valence-electron chi connectivity index (χ0n) is 14.0. The third-order valence-corrected chi connectivity index (χ3v) is 4.94. The van der Waals surface area contributed by atoms with Crippen molar-refractivity contribution in [2.45, 2.75) is 32.1 Å². The summed E-state index contributed by atoms with van der Waals surface area (Å²) in [6.45, 7) is 4.17. The minimum Gasteiger partial charge on any atom is -0.351 e. The molecule has 2 heteroatoms. The molecule has 0 aliphatic heterocycles. The van der Waals surface area contributed by atoms with Crippen molar-refractivity contribution in [1.82, 2.24) is 0 Å². The second-order valence-electron chi connectivity index (χ2n) is 6.58. The van der Waals surface area contributed by atoms with E-state index in [0.717, 1.165) is 29.7 Å². The van der Waals surface area contributed by atoms with E-state index >= 15 is 0 Å². The SMILES string of the molecule is Cc1ccccc1C1(C)CCC(=CN(C)c2ccccc2)C1=O. The molecule has 2 aromatic carbocycles. The van der Waals surface area contributed by atoms with E-state index in [2.05, 4.69) is 38.1 Å². The Balaban J connectivity index is 1.90. The molecule has 2 nitrogen and oxygen atoms in total. The number of anilines is 1. The number of aryl methyl sites for hydroxylation is 1. The van der Waals surface area contributed by atoms with Crippen molar-refractivity contribution in [1.29, 1.82) is 0 Å². The second-order valence-corrected chi connectivity index (χ2v) is 6.58. The van der Waals surface area contributed by atoms with Gasteiger partial charge in [0.2, 0.25) is 0 Å². The molecule has 0 bridgehead atoms. The summed E-state index contributed by atoms with van der Waals surface area (Å²) in [4.78, 5) is 15.1. The Morgan fingerprint density at radius 3 is 2.39 bits per heavy atom. The first-order valence-corrected chi connectivity index (χ1v) is 8.12. The van der Waals surface area contributed by atoms with Crippen LogP contribution in [0.5, 0.6) is 0 Å². The van der Waals surface area contributed by atoms with Gasteiger partial charge >= 0.3 is 0 Å². The van der Waals surface area contributed by atoms with Crippen LogP contribution in [0.25, 0.3) is 0 Å². The molecular formula is C21H23NO. The maximum absolute atomic E-state index is 13.1.